The molecule has 1 saturated heterocycles. The Morgan fingerprint density at radius 3 is 2.39 bits per heavy atom. The molecule has 8 heteroatoms. The lowest BCUT2D eigenvalue weighted by Crippen LogP contribution is -2.57. The minimum Gasteiger partial charge on any atom is -0.489 e. The maximum absolute atomic E-state index is 13.8. The smallest absolute Gasteiger partial charge is 0.411 e. The molecule has 7 nitrogen and oxygen atoms in total. The summed E-state index contributed by atoms with van der Waals surface area (Å²) in [6, 6.07) is 12.9. The van der Waals surface area contributed by atoms with E-state index in [0.29, 0.717) is 17.7 Å². The van der Waals surface area contributed by atoms with Gasteiger partial charge in [0.1, 0.15) is 23.8 Å². The van der Waals surface area contributed by atoms with E-state index in [4.69, 9.17) is 14.2 Å². The third kappa shape index (κ3) is 5.45. The van der Waals surface area contributed by atoms with Crippen LogP contribution >= 0.6 is 0 Å². The largest absolute Gasteiger partial charge is 0.489 e. The molecule has 33 heavy (non-hydrogen) atoms. The zero-order valence-corrected chi connectivity index (χ0v) is 19.3. The van der Waals surface area contributed by atoms with E-state index in [1.54, 1.807) is 63.2 Å². The maximum Gasteiger partial charge on any atom is 0.411 e. The molecule has 1 aliphatic heterocycles. The number of nitrogens with zero attached hydrogens (tertiary/aromatic N) is 1. The predicted molar refractivity (Wildman–Crippen MR) is 119 cm³/mol. The van der Waals surface area contributed by atoms with E-state index >= 15 is 0 Å². The summed E-state index contributed by atoms with van der Waals surface area (Å²) >= 11 is 0. The van der Waals surface area contributed by atoms with Gasteiger partial charge in [0.15, 0.2) is 5.54 Å². The SMILES string of the molecule is COC[C@@]1(C(=O)O)CC[C@H](c2ccc(OCc3ccccc3F)cc2)N1C(=O)OC(C)(C)C. The fourth-order valence-corrected chi connectivity index (χ4v) is 4.07. The van der Waals surface area contributed by atoms with Gasteiger partial charge in [0.05, 0.1) is 12.6 Å². The Morgan fingerprint density at radius 1 is 1.15 bits per heavy atom. The van der Waals surface area contributed by atoms with Gasteiger partial charge >= 0.3 is 12.1 Å². The monoisotopic (exact) mass is 459 g/mol. The summed E-state index contributed by atoms with van der Waals surface area (Å²) in [6.45, 7) is 5.13. The molecule has 0 aromatic heterocycles. The Bertz CT molecular complexity index is 987. The Balaban J connectivity index is 1.84. The molecule has 0 unspecified atom stereocenters. The van der Waals surface area contributed by atoms with Crippen LogP contribution < -0.4 is 4.74 Å². The van der Waals surface area contributed by atoms with Crippen molar-refractivity contribution in [2.24, 2.45) is 0 Å². The van der Waals surface area contributed by atoms with Crippen molar-refractivity contribution in [3.8, 4) is 5.75 Å². The predicted octanol–water partition coefficient (Wildman–Crippen LogP) is 4.95. The number of amides is 1. The minimum atomic E-state index is -1.53. The van der Waals surface area contributed by atoms with Crippen LogP contribution in [0.3, 0.4) is 0 Å². The quantitative estimate of drug-likeness (QED) is 0.631. The van der Waals surface area contributed by atoms with Crippen molar-refractivity contribution < 1.29 is 33.3 Å². The number of hydrogen-bond acceptors (Lipinski definition) is 5. The van der Waals surface area contributed by atoms with E-state index in [1.165, 1.54) is 18.1 Å². The lowest BCUT2D eigenvalue weighted by Gasteiger charge is -2.38. The Labute approximate surface area is 193 Å². The van der Waals surface area contributed by atoms with Gasteiger partial charge in [-0.05, 0) is 57.4 Å². The molecular weight excluding hydrogens is 429 g/mol. The summed E-state index contributed by atoms with van der Waals surface area (Å²) in [7, 11) is 1.41. The van der Waals surface area contributed by atoms with Gasteiger partial charge in [-0.3, -0.25) is 4.90 Å². The Kier molecular flexibility index (Phi) is 7.27. The standard InChI is InChI=1S/C25H30FNO6/c1-24(2,3)33-23(30)27-21(13-14-25(27,16-31-4)22(28)29)17-9-11-19(12-10-17)32-15-18-7-5-6-8-20(18)26/h5-12,21H,13-16H2,1-4H3,(H,28,29)/t21-,25-/m1/s1. The van der Waals surface area contributed by atoms with Crippen LogP contribution in [0.4, 0.5) is 9.18 Å². The van der Waals surface area contributed by atoms with Crippen molar-refractivity contribution in [3.63, 3.8) is 0 Å². The number of ether oxygens (including phenoxy) is 3. The first-order valence-electron chi connectivity index (χ1n) is 10.8. The zero-order valence-electron chi connectivity index (χ0n) is 19.3. The van der Waals surface area contributed by atoms with E-state index in [2.05, 4.69) is 0 Å². The molecule has 0 radical (unpaired) electrons. The molecular formula is C25H30FNO6. The highest BCUT2D eigenvalue weighted by Gasteiger charge is 2.56. The van der Waals surface area contributed by atoms with Crippen LogP contribution in [0.15, 0.2) is 48.5 Å². The first kappa shape index (κ1) is 24.5. The highest BCUT2D eigenvalue weighted by molar-refractivity contribution is 5.86. The summed E-state index contributed by atoms with van der Waals surface area (Å²) < 4.78 is 30.3. The van der Waals surface area contributed by atoms with Gasteiger partial charge in [-0.15, -0.1) is 0 Å². The second-order valence-electron chi connectivity index (χ2n) is 9.12. The van der Waals surface area contributed by atoms with Crippen LogP contribution in [0, 0.1) is 5.82 Å². The van der Waals surface area contributed by atoms with Crippen LogP contribution in [-0.2, 0) is 20.9 Å². The van der Waals surface area contributed by atoms with Crippen molar-refractivity contribution in [1.82, 2.24) is 4.90 Å². The highest BCUT2D eigenvalue weighted by atomic mass is 19.1. The van der Waals surface area contributed by atoms with Crippen molar-refractivity contribution in [2.45, 2.75) is 57.4 Å². The number of likely N-dealkylation sites (tertiary alicyclic amines) is 1. The molecule has 0 aliphatic carbocycles. The van der Waals surface area contributed by atoms with Gasteiger partial charge in [0, 0.05) is 12.7 Å². The third-order valence-corrected chi connectivity index (χ3v) is 5.59. The fraction of sp³-hybridized carbons (Fsp3) is 0.440. The second kappa shape index (κ2) is 9.79. The van der Waals surface area contributed by atoms with Crippen LogP contribution in [0.2, 0.25) is 0 Å². The summed E-state index contributed by atoms with van der Waals surface area (Å²) in [4.78, 5) is 26.7. The van der Waals surface area contributed by atoms with Gasteiger partial charge in [0.2, 0.25) is 0 Å². The van der Waals surface area contributed by atoms with Gasteiger partial charge < -0.3 is 19.3 Å². The summed E-state index contributed by atoms with van der Waals surface area (Å²) in [5, 5.41) is 10.0. The number of hydrogen-bond donors (Lipinski definition) is 1. The van der Waals surface area contributed by atoms with Gasteiger partial charge in [-0.1, -0.05) is 30.3 Å². The third-order valence-electron chi connectivity index (χ3n) is 5.59. The molecule has 1 aliphatic rings. The van der Waals surface area contributed by atoms with Crippen LogP contribution in [0.1, 0.15) is 50.8 Å². The minimum absolute atomic E-state index is 0.0788. The number of aliphatic carboxylic acids is 1. The number of carbonyl (C=O) groups excluding carboxylic acids is 1. The molecule has 1 N–H and O–H groups in total. The molecule has 0 spiro atoms. The van der Waals surface area contributed by atoms with Gasteiger partial charge in [0.25, 0.3) is 0 Å². The van der Waals surface area contributed by atoms with E-state index in [1.807, 2.05) is 0 Å². The van der Waals surface area contributed by atoms with Crippen LogP contribution in [0.5, 0.6) is 5.75 Å². The Morgan fingerprint density at radius 2 is 1.82 bits per heavy atom. The Hall–Kier alpha value is -3.13. The number of carboxylic acid groups (broad SMARTS) is 1. The average molecular weight is 460 g/mol. The molecule has 2 aromatic rings. The maximum atomic E-state index is 13.8. The molecule has 1 amide bonds. The van der Waals surface area contributed by atoms with Crippen LogP contribution in [-0.4, -0.2) is 46.9 Å². The van der Waals surface area contributed by atoms with Crippen LogP contribution in [0.25, 0.3) is 0 Å². The zero-order chi connectivity index (χ0) is 24.2. The highest BCUT2D eigenvalue weighted by Crippen LogP contribution is 2.44. The normalized spacial score (nSPS) is 20.5. The first-order valence-corrected chi connectivity index (χ1v) is 10.8. The van der Waals surface area contributed by atoms with Crippen molar-refractivity contribution >= 4 is 12.1 Å². The average Bonchev–Trinajstić information content (AvgIpc) is 3.13. The molecule has 1 heterocycles. The number of carbonyl (C=O) groups is 2. The van der Waals surface area contributed by atoms with E-state index in [0.717, 1.165) is 5.56 Å². The number of carboxylic acids is 1. The van der Waals surface area contributed by atoms with Gasteiger partial charge in [-0.25, -0.2) is 14.0 Å². The van der Waals surface area contributed by atoms with Crippen molar-refractivity contribution in [3.05, 3.63) is 65.5 Å². The fourth-order valence-electron chi connectivity index (χ4n) is 4.07. The molecule has 3 rings (SSSR count). The summed E-state index contributed by atoms with van der Waals surface area (Å²) in [5.41, 5.74) is -1.12. The van der Waals surface area contributed by atoms with E-state index < -0.39 is 29.2 Å². The lowest BCUT2D eigenvalue weighted by molar-refractivity contribution is -0.153. The topological polar surface area (TPSA) is 85.3 Å². The van der Waals surface area contributed by atoms with E-state index in [9.17, 15) is 19.1 Å². The molecule has 0 bridgehead atoms. The summed E-state index contributed by atoms with van der Waals surface area (Å²) in [5.74, 6) is -0.941. The summed E-state index contributed by atoms with van der Waals surface area (Å²) in [6.07, 6.45) is -0.0417. The number of halogens is 1. The van der Waals surface area contributed by atoms with Crippen molar-refractivity contribution in [2.75, 3.05) is 13.7 Å². The first-order chi connectivity index (χ1) is 15.6. The second-order valence-corrected chi connectivity index (χ2v) is 9.12. The molecule has 2 aromatic carbocycles. The number of methoxy groups -OCH3 is 1. The molecule has 178 valence electrons. The number of benzene rings is 2. The van der Waals surface area contributed by atoms with Gasteiger partial charge in [-0.2, -0.15) is 0 Å². The lowest BCUT2D eigenvalue weighted by atomic mass is 9.97. The molecule has 2 atom stereocenters. The number of rotatable bonds is 7. The molecule has 1 fully saturated rings. The molecule has 0 saturated carbocycles. The van der Waals surface area contributed by atoms with Crippen molar-refractivity contribution in [1.29, 1.82) is 0 Å². The van der Waals surface area contributed by atoms with E-state index in [-0.39, 0.29) is 25.5 Å².